The van der Waals surface area contributed by atoms with Gasteiger partial charge in [0, 0.05) is 18.6 Å². The van der Waals surface area contributed by atoms with E-state index in [2.05, 4.69) is 20.1 Å². The van der Waals surface area contributed by atoms with Gasteiger partial charge in [-0.2, -0.15) is 5.10 Å². The number of amides is 1. The Morgan fingerprint density at radius 2 is 1.81 bits per heavy atom. The van der Waals surface area contributed by atoms with Gasteiger partial charge in [-0.3, -0.25) is 19.7 Å². The lowest BCUT2D eigenvalue weighted by Gasteiger charge is -2.23. The molecule has 184 valence electrons. The number of benzene rings is 2. The fourth-order valence-corrected chi connectivity index (χ4v) is 4.08. The fraction of sp³-hybridized carbons (Fsp3) is 0.231. The average molecular weight is 486 g/mol. The number of carboxylic acid groups (broad SMARTS) is 1. The summed E-state index contributed by atoms with van der Waals surface area (Å²) in [6.45, 7) is 3.94. The van der Waals surface area contributed by atoms with Crippen LogP contribution in [0.2, 0.25) is 0 Å². The smallest absolute Gasteiger partial charge is 0.336 e. The number of carbonyl (C=O) groups is 2. The molecule has 0 spiro atoms. The normalized spacial score (nSPS) is 12.9. The first-order valence-electron chi connectivity index (χ1n) is 11.3. The van der Waals surface area contributed by atoms with Crippen molar-refractivity contribution in [3.8, 4) is 16.8 Å². The predicted molar refractivity (Wildman–Crippen MR) is 134 cm³/mol. The van der Waals surface area contributed by atoms with E-state index in [1.54, 1.807) is 10.7 Å². The van der Waals surface area contributed by atoms with E-state index in [1.807, 2.05) is 57.1 Å². The first kappa shape index (κ1) is 24.7. The summed E-state index contributed by atoms with van der Waals surface area (Å²) in [5.41, 5.74) is 9.03. The third-order valence-corrected chi connectivity index (χ3v) is 6.18. The van der Waals surface area contributed by atoms with Crippen LogP contribution in [0, 0.1) is 6.92 Å². The molecule has 2 atom stereocenters. The van der Waals surface area contributed by atoms with Crippen molar-refractivity contribution < 1.29 is 14.7 Å². The predicted octanol–water partition coefficient (Wildman–Crippen LogP) is 2.97. The molecule has 0 saturated heterocycles. The Labute approximate surface area is 208 Å². The molecule has 10 nitrogen and oxygen atoms in total. The Kier molecular flexibility index (Phi) is 6.89. The molecule has 0 saturated carbocycles. The highest BCUT2D eigenvalue weighted by atomic mass is 16.4. The molecular weight excluding hydrogens is 458 g/mol. The summed E-state index contributed by atoms with van der Waals surface area (Å²) in [6, 6.07) is 10.8. The standard InChI is InChI=1S/C26H27N7O3/c1-15-5-7-17(8-6-15)19-11-18(33-25(30-14-31-33)16(2)32(3)4)12-20(26(35)36)22(19)23(24(27)34)21-13-28-9-10-29-21/h5-14,16,23H,1-4H3,(H2,27,34)(H,35,36). The van der Waals surface area contributed by atoms with Gasteiger partial charge in [-0.05, 0) is 56.8 Å². The number of carboxylic acids is 1. The number of aryl methyl sites for hydroxylation is 1. The molecule has 4 rings (SSSR count). The Morgan fingerprint density at radius 3 is 2.39 bits per heavy atom. The minimum atomic E-state index is -1.21. The van der Waals surface area contributed by atoms with Crippen LogP contribution in [0.25, 0.3) is 16.8 Å². The number of hydrogen-bond donors (Lipinski definition) is 2. The third-order valence-electron chi connectivity index (χ3n) is 6.18. The zero-order chi connectivity index (χ0) is 26.0. The molecule has 2 heterocycles. The van der Waals surface area contributed by atoms with Crippen molar-refractivity contribution in [2.45, 2.75) is 25.8 Å². The molecule has 0 radical (unpaired) electrons. The van der Waals surface area contributed by atoms with E-state index in [4.69, 9.17) is 5.73 Å². The SMILES string of the molecule is Cc1ccc(-c2cc(-n3ncnc3C(C)N(C)C)cc(C(=O)O)c2C(C(N)=O)c2cnccn2)cc1. The molecule has 0 bridgehead atoms. The Hall–Kier alpha value is -4.44. The second-order valence-electron chi connectivity index (χ2n) is 8.76. The molecule has 0 fully saturated rings. The second kappa shape index (κ2) is 10.0. The van der Waals surface area contributed by atoms with Crippen molar-refractivity contribution in [3.63, 3.8) is 0 Å². The molecule has 2 aromatic carbocycles. The van der Waals surface area contributed by atoms with Crippen LogP contribution in [0.15, 0.2) is 61.3 Å². The van der Waals surface area contributed by atoms with Gasteiger partial charge in [0.1, 0.15) is 18.1 Å². The van der Waals surface area contributed by atoms with Gasteiger partial charge < -0.3 is 10.8 Å². The lowest BCUT2D eigenvalue weighted by Crippen LogP contribution is -2.26. The minimum Gasteiger partial charge on any atom is -0.478 e. The summed E-state index contributed by atoms with van der Waals surface area (Å²) >= 11 is 0. The van der Waals surface area contributed by atoms with Crippen LogP contribution in [0.4, 0.5) is 0 Å². The van der Waals surface area contributed by atoms with E-state index in [9.17, 15) is 14.7 Å². The number of primary amides is 1. The maximum absolute atomic E-state index is 12.8. The number of nitrogens with zero attached hydrogens (tertiary/aromatic N) is 6. The Morgan fingerprint density at radius 1 is 1.08 bits per heavy atom. The highest BCUT2D eigenvalue weighted by Crippen LogP contribution is 2.38. The van der Waals surface area contributed by atoms with Crippen molar-refractivity contribution >= 4 is 11.9 Å². The van der Waals surface area contributed by atoms with Gasteiger partial charge in [-0.15, -0.1) is 0 Å². The molecule has 36 heavy (non-hydrogen) atoms. The molecule has 0 aliphatic rings. The number of carbonyl (C=O) groups excluding carboxylic acids is 1. The summed E-state index contributed by atoms with van der Waals surface area (Å²) in [5.74, 6) is -2.44. The maximum Gasteiger partial charge on any atom is 0.336 e. The van der Waals surface area contributed by atoms with E-state index in [-0.39, 0.29) is 22.9 Å². The van der Waals surface area contributed by atoms with E-state index < -0.39 is 17.8 Å². The van der Waals surface area contributed by atoms with Crippen LogP contribution in [0.5, 0.6) is 0 Å². The third kappa shape index (κ3) is 4.71. The highest BCUT2D eigenvalue weighted by molar-refractivity contribution is 5.98. The highest BCUT2D eigenvalue weighted by Gasteiger charge is 2.31. The van der Waals surface area contributed by atoms with Gasteiger partial charge in [0.15, 0.2) is 0 Å². The number of nitrogens with two attached hydrogens (primary N) is 1. The molecule has 2 unspecified atom stereocenters. The lowest BCUT2D eigenvalue weighted by molar-refractivity contribution is -0.118. The van der Waals surface area contributed by atoms with Gasteiger partial charge in [0.25, 0.3) is 0 Å². The molecule has 2 aromatic heterocycles. The second-order valence-corrected chi connectivity index (χ2v) is 8.76. The fourth-order valence-electron chi connectivity index (χ4n) is 4.08. The first-order chi connectivity index (χ1) is 17.2. The van der Waals surface area contributed by atoms with Gasteiger partial charge >= 0.3 is 5.97 Å². The van der Waals surface area contributed by atoms with Crippen LogP contribution < -0.4 is 5.73 Å². The number of hydrogen-bond acceptors (Lipinski definition) is 7. The largest absolute Gasteiger partial charge is 0.478 e. The zero-order valence-corrected chi connectivity index (χ0v) is 20.5. The molecule has 10 heteroatoms. The summed E-state index contributed by atoms with van der Waals surface area (Å²) < 4.78 is 1.61. The minimum absolute atomic E-state index is 0.0866. The monoisotopic (exact) mass is 485 g/mol. The Bertz CT molecular complexity index is 1400. The molecule has 1 amide bonds. The quantitative estimate of drug-likeness (QED) is 0.388. The topological polar surface area (TPSA) is 140 Å². The van der Waals surface area contributed by atoms with Crippen LogP contribution in [-0.4, -0.2) is 60.7 Å². The van der Waals surface area contributed by atoms with Crippen molar-refractivity contribution in [2.75, 3.05) is 14.1 Å². The van der Waals surface area contributed by atoms with Crippen molar-refractivity contribution in [3.05, 3.63) is 89.5 Å². The molecule has 4 aromatic rings. The van der Waals surface area contributed by atoms with Crippen LogP contribution in [0.3, 0.4) is 0 Å². The van der Waals surface area contributed by atoms with Gasteiger partial charge in [0.05, 0.1) is 23.0 Å². The van der Waals surface area contributed by atoms with Crippen molar-refractivity contribution in [1.82, 2.24) is 29.6 Å². The van der Waals surface area contributed by atoms with Crippen LogP contribution >= 0.6 is 0 Å². The van der Waals surface area contributed by atoms with E-state index in [0.717, 1.165) is 11.1 Å². The average Bonchev–Trinajstić information content (AvgIpc) is 3.34. The maximum atomic E-state index is 12.8. The van der Waals surface area contributed by atoms with Crippen molar-refractivity contribution in [1.29, 1.82) is 0 Å². The molecule has 0 aliphatic heterocycles. The van der Waals surface area contributed by atoms with E-state index in [1.165, 1.54) is 31.0 Å². The number of rotatable bonds is 8. The van der Waals surface area contributed by atoms with Crippen LogP contribution in [0.1, 0.15) is 51.9 Å². The Balaban J connectivity index is 2.06. The summed E-state index contributed by atoms with van der Waals surface area (Å²) in [5, 5.41) is 14.7. The van der Waals surface area contributed by atoms with Gasteiger partial charge in [0.2, 0.25) is 5.91 Å². The molecule has 0 aliphatic carbocycles. The molecular formula is C26H27N7O3. The van der Waals surface area contributed by atoms with Gasteiger partial charge in [-0.25, -0.2) is 14.5 Å². The van der Waals surface area contributed by atoms with E-state index in [0.29, 0.717) is 17.1 Å². The summed E-state index contributed by atoms with van der Waals surface area (Å²) in [7, 11) is 3.84. The van der Waals surface area contributed by atoms with E-state index >= 15 is 0 Å². The van der Waals surface area contributed by atoms with Crippen LogP contribution in [-0.2, 0) is 4.79 Å². The lowest BCUT2D eigenvalue weighted by atomic mass is 9.84. The summed E-state index contributed by atoms with van der Waals surface area (Å²) in [6.07, 6.45) is 5.76. The van der Waals surface area contributed by atoms with Gasteiger partial charge in [-0.1, -0.05) is 29.8 Å². The summed E-state index contributed by atoms with van der Waals surface area (Å²) in [4.78, 5) is 40.1. The molecule has 3 N–H and O–H groups in total. The number of aromatic carboxylic acids is 1. The van der Waals surface area contributed by atoms with Crippen molar-refractivity contribution in [2.24, 2.45) is 5.73 Å². The number of aromatic nitrogens is 5. The first-order valence-corrected chi connectivity index (χ1v) is 11.3. The zero-order valence-electron chi connectivity index (χ0n) is 20.5.